The number of hydrogen-bond donors (Lipinski definition) is 3. The Morgan fingerprint density at radius 3 is 2.80 bits per heavy atom. The second-order valence-electron chi connectivity index (χ2n) is 5.74. The van der Waals surface area contributed by atoms with Gasteiger partial charge >= 0.3 is 0 Å². The van der Waals surface area contributed by atoms with Gasteiger partial charge in [-0.1, -0.05) is 12.1 Å². The molecule has 0 atom stereocenters. The molecule has 25 heavy (non-hydrogen) atoms. The lowest BCUT2D eigenvalue weighted by atomic mass is 10.2. The first-order chi connectivity index (χ1) is 12.0. The SMILES string of the molecule is Cc1cc(C(=O)Nc2cccc(CNc3cccnc3N)c2)n(C)n1. The predicted octanol–water partition coefficient (Wildman–Crippen LogP) is 2.57. The molecule has 1 aromatic carbocycles. The summed E-state index contributed by atoms with van der Waals surface area (Å²) in [5.41, 5.74) is 9.67. The smallest absolute Gasteiger partial charge is 0.273 e. The number of nitrogen functional groups attached to an aromatic ring is 1. The fraction of sp³-hybridized carbons (Fsp3) is 0.167. The van der Waals surface area contributed by atoms with E-state index < -0.39 is 0 Å². The minimum atomic E-state index is -0.190. The molecule has 4 N–H and O–H groups in total. The molecule has 2 heterocycles. The van der Waals surface area contributed by atoms with Crippen molar-refractivity contribution in [3.05, 3.63) is 65.6 Å². The van der Waals surface area contributed by atoms with E-state index in [2.05, 4.69) is 20.7 Å². The second-order valence-corrected chi connectivity index (χ2v) is 5.74. The van der Waals surface area contributed by atoms with Crippen LogP contribution in [0.4, 0.5) is 17.2 Å². The largest absolute Gasteiger partial charge is 0.382 e. The second kappa shape index (κ2) is 7.04. The van der Waals surface area contributed by atoms with Crippen LogP contribution in [-0.4, -0.2) is 20.7 Å². The van der Waals surface area contributed by atoms with Crippen molar-refractivity contribution in [2.24, 2.45) is 7.05 Å². The van der Waals surface area contributed by atoms with E-state index in [0.717, 1.165) is 22.6 Å². The highest BCUT2D eigenvalue weighted by Gasteiger charge is 2.12. The first-order valence-corrected chi connectivity index (χ1v) is 7.88. The number of carbonyl (C=O) groups excluding carboxylic acids is 1. The third-order valence-corrected chi connectivity index (χ3v) is 3.74. The summed E-state index contributed by atoms with van der Waals surface area (Å²) >= 11 is 0. The number of nitrogens with two attached hydrogens (primary N) is 1. The number of nitrogens with one attached hydrogen (secondary N) is 2. The highest BCUT2D eigenvalue weighted by Crippen LogP contribution is 2.17. The Hall–Kier alpha value is -3.35. The normalized spacial score (nSPS) is 10.5. The van der Waals surface area contributed by atoms with Crippen LogP contribution < -0.4 is 16.4 Å². The molecular formula is C18H20N6O. The van der Waals surface area contributed by atoms with E-state index in [1.165, 1.54) is 0 Å². The molecule has 7 heteroatoms. The van der Waals surface area contributed by atoms with Crippen LogP contribution in [0, 0.1) is 6.92 Å². The number of hydrogen-bond acceptors (Lipinski definition) is 5. The average molecular weight is 336 g/mol. The third-order valence-electron chi connectivity index (χ3n) is 3.74. The lowest BCUT2D eigenvalue weighted by molar-refractivity contribution is 0.101. The molecule has 128 valence electrons. The maximum absolute atomic E-state index is 12.4. The first-order valence-electron chi connectivity index (χ1n) is 7.88. The standard InChI is InChI=1S/C18H20N6O/c1-12-9-16(24(2)23-12)18(25)22-14-6-3-5-13(10-14)11-21-15-7-4-8-20-17(15)19/h3-10,21H,11H2,1-2H3,(H2,19,20)(H,22,25). The van der Waals surface area contributed by atoms with Gasteiger partial charge in [-0.05, 0) is 42.8 Å². The number of anilines is 3. The van der Waals surface area contributed by atoms with E-state index in [4.69, 9.17) is 5.73 Å². The molecule has 0 radical (unpaired) electrons. The number of nitrogens with zero attached hydrogens (tertiary/aromatic N) is 3. The molecular weight excluding hydrogens is 316 g/mol. The number of aromatic nitrogens is 3. The zero-order chi connectivity index (χ0) is 17.8. The lowest BCUT2D eigenvalue weighted by Gasteiger charge is -2.10. The van der Waals surface area contributed by atoms with Crippen LogP contribution in [-0.2, 0) is 13.6 Å². The van der Waals surface area contributed by atoms with Crippen LogP contribution in [0.25, 0.3) is 0 Å². The fourth-order valence-corrected chi connectivity index (χ4v) is 2.54. The highest BCUT2D eigenvalue weighted by atomic mass is 16.2. The van der Waals surface area contributed by atoms with Crippen LogP contribution in [0.5, 0.6) is 0 Å². The number of aryl methyl sites for hydroxylation is 2. The topological polar surface area (TPSA) is 97.9 Å². The average Bonchev–Trinajstić information content (AvgIpc) is 2.93. The van der Waals surface area contributed by atoms with E-state index in [1.54, 1.807) is 24.0 Å². The Morgan fingerprint density at radius 1 is 1.24 bits per heavy atom. The first kappa shape index (κ1) is 16.5. The van der Waals surface area contributed by atoms with Crippen LogP contribution in [0.2, 0.25) is 0 Å². The van der Waals surface area contributed by atoms with Crippen LogP contribution >= 0.6 is 0 Å². The molecule has 0 aliphatic rings. The van der Waals surface area contributed by atoms with Crippen LogP contribution in [0.3, 0.4) is 0 Å². The van der Waals surface area contributed by atoms with E-state index in [9.17, 15) is 4.79 Å². The highest BCUT2D eigenvalue weighted by molar-refractivity contribution is 6.03. The molecule has 0 saturated carbocycles. The molecule has 0 spiro atoms. The van der Waals surface area contributed by atoms with Gasteiger partial charge in [0.1, 0.15) is 11.5 Å². The molecule has 1 amide bonds. The fourth-order valence-electron chi connectivity index (χ4n) is 2.54. The zero-order valence-corrected chi connectivity index (χ0v) is 14.2. The Kier molecular flexibility index (Phi) is 4.65. The monoisotopic (exact) mass is 336 g/mol. The summed E-state index contributed by atoms with van der Waals surface area (Å²) in [7, 11) is 1.75. The molecule has 7 nitrogen and oxygen atoms in total. The number of amides is 1. The van der Waals surface area contributed by atoms with Crippen molar-refractivity contribution < 1.29 is 4.79 Å². The van der Waals surface area contributed by atoms with Crippen molar-refractivity contribution in [1.82, 2.24) is 14.8 Å². The minimum absolute atomic E-state index is 0.190. The molecule has 2 aromatic heterocycles. The van der Waals surface area contributed by atoms with Gasteiger partial charge in [0, 0.05) is 25.5 Å². The number of pyridine rings is 1. The van der Waals surface area contributed by atoms with Crippen molar-refractivity contribution in [1.29, 1.82) is 0 Å². The Morgan fingerprint density at radius 2 is 2.08 bits per heavy atom. The Bertz CT molecular complexity index is 902. The molecule has 3 aromatic rings. The van der Waals surface area contributed by atoms with Gasteiger partial charge in [0.25, 0.3) is 5.91 Å². The summed E-state index contributed by atoms with van der Waals surface area (Å²) in [5.74, 6) is 0.267. The van der Waals surface area contributed by atoms with Crippen molar-refractivity contribution >= 4 is 23.1 Å². The molecule has 0 unspecified atom stereocenters. The minimum Gasteiger partial charge on any atom is -0.382 e. The van der Waals surface area contributed by atoms with Gasteiger partial charge in [-0.2, -0.15) is 5.10 Å². The number of benzene rings is 1. The van der Waals surface area contributed by atoms with Gasteiger partial charge in [-0.3, -0.25) is 9.48 Å². The maximum Gasteiger partial charge on any atom is 0.273 e. The quantitative estimate of drug-likeness (QED) is 0.665. The molecule has 0 bridgehead atoms. The summed E-state index contributed by atoms with van der Waals surface area (Å²) in [6.07, 6.45) is 1.65. The van der Waals surface area contributed by atoms with Gasteiger partial charge in [0.2, 0.25) is 0 Å². The molecule has 3 rings (SSSR count). The van der Waals surface area contributed by atoms with Gasteiger partial charge in [-0.15, -0.1) is 0 Å². The maximum atomic E-state index is 12.4. The third kappa shape index (κ3) is 3.95. The molecule has 0 aliphatic heterocycles. The summed E-state index contributed by atoms with van der Waals surface area (Å²) in [4.78, 5) is 16.4. The van der Waals surface area contributed by atoms with E-state index >= 15 is 0 Å². The van der Waals surface area contributed by atoms with Crippen molar-refractivity contribution in [2.45, 2.75) is 13.5 Å². The lowest BCUT2D eigenvalue weighted by Crippen LogP contribution is -2.16. The zero-order valence-electron chi connectivity index (χ0n) is 14.2. The summed E-state index contributed by atoms with van der Waals surface area (Å²) in [5, 5.41) is 10.3. The van der Waals surface area contributed by atoms with Crippen LogP contribution in [0.15, 0.2) is 48.7 Å². The molecule has 0 fully saturated rings. The summed E-state index contributed by atoms with van der Waals surface area (Å²) in [6.45, 7) is 2.43. The molecule has 0 saturated heterocycles. The summed E-state index contributed by atoms with van der Waals surface area (Å²) in [6, 6.07) is 13.1. The molecule has 0 aliphatic carbocycles. The van der Waals surface area contributed by atoms with E-state index in [0.29, 0.717) is 18.1 Å². The Labute approximate surface area is 145 Å². The van der Waals surface area contributed by atoms with E-state index in [1.807, 2.05) is 43.3 Å². The van der Waals surface area contributed by atoms with Gasteiger partial charge < -0.3 is 16.4 Å². The Balaban J connectivity index is 1.68. The van der Waals surface area contributed by atoms with Gasteiger partial charge in [0.05, 0.1) is 11.4 Å². The van der Waals surface area contributed by atoms with Crippen LogP contribution in [0.1, 0.15) is 21.7 Å². The number of rotatable bonds is 5. The van der Waals surface area contributed by atoms with Crippen molar-refractivity contribution in [3.8, 4) is 0 Å². The van der Waals surface area contributed by atoms with E-state index in [-0.39, 0.29) is 5.91 Å². The van der Waals surface area contributed by atoms with Crippen molar-refractivity contribution in [2.75, 3.05) is 16.4 Å². The summed E-state index contributed by atoms with van der Waals surface area (Å²) < 4.78 is 1.57. The van der Waals surface area contributed by atoms with Crippen molar-refractivity contribution in [3.63, 3.8) is 0 Å². The van der Waals surface area contributed by atoms with Gasteiger partial charge in [-0.25, -0.2) is 4.98 Å². The van der Waals surface area contributed by atoms with Gasteiger partial charge in [0.15, 0.2) is 0 Å². The number of carbonyl (C=O) groups is 1. The predicted molar refractivity (Wildman–Crippen MR) is 98.3 cm³/mol.